The third-order valence-electron chi connectivity index (χ3n) is 5.12. The van der Waals surface area contributed by atoms with Gasteiger partial charge >= 0.3 is 6.18 Å². The fraction of sp³-hybridized carbons (Fsp3) is 0.364. The highest BCUT2D eigenvalue weighted by Gasteiger charge is 2.33. The average molecular weight is 420 g/mol. The van der Waals surface area contributed by atoms with Crippen LogP contribution in [0.25, 0.3) is 0 Å². The van der Waals surface area contributed by atoms with Crippen molar-refractivity contribution in [1.29, 1.82) is 0 Å². The van der Waals surface area contributed by atoms with Gasteiger partial charge in [0, 0.05) is 25.2 Å². The summed E-state index contributed by atoms with van der Waals surface area (Å²) in [5.41, 5.74) is -0.00406. The number of likely N-dealkylation sites (tertiary alicyclic amines) is 1. The van der Waals surface area contributed by atoms with Gasteiger partial charge in [-0.1, -0.05) is 18.2 Å². The van der Waals surface area contributed by atoms with E-state index in [1.54, 1.807) is 7.11 Å². The molecule has 2 aromatic rings. The maximum absolute atomic E-state index is 12.9. The summed E-state index contributed by atoms with van der Waals surface area (Å²) in [5.74, 6) is -0.387. The lowest BCUT2D eigenvalue weighted by molar-refractivity contribution is -0.137. The highest BCUT2D eigenvalue weighted by Crippen LogP contribution is 2.30. The predicted octanol–water partition coefficient (Wildman–Crippen LogP) is 3.88. The van der Waals surface area contributed by atoms with Crippen molar-refractivity contribution in [2.75, 3.05) is 20.2 Å². The monoisotopic (exact) mass is 420 g/mol. The zero-order chi connectivity index (χ0) is 21.7. The molecule has 1 fully saturated rings. The zero-order valence-electron chi connectivity index (χ0n) is 16.5. The maximum atomic E-state index is 12.9. The standard InChI is InChI=1S/C22H23F3N2O3/c1-30-19-9-2-5-15(11-19)13-26-20(28)17-7-4-10-27(14-17)21(29)16-6-3-8-18(12-16)22(23,24)25/h2-3,5-6,8-9,11-12,17H,4,7,10,13-14H2,1H3,(H,26,28). The van der Waals surface area contributed by atoms with Crippen LogP contribution >= 0.6 is 0 Å². The zero-order valence-corrected chi connectivity index (χ0v) is 16.5. The van der Waals surface area contributed by atoms with Gasteiger partial charge in [0.25, 0.3) is 5.91 Å². The molecule has 2 amide bonds. The summed E-state index contributed by atoms with van der Waals surface area (Å²) in [5, 5.41) is 2.87. The Balaban J connectivity index is 1.61. The van der Waals surface area contributed by atoms with Crippen LogP contribution < -0.4 is 10.1 Å². The number of benzene rings is 2. The minimum Gasteiger partial charge on any atom is -0.497 e. The molecule has 0 aliphatic carbocycles. The second-order valence-corrected chi connectivity index (χ2v) is 7.24. The van der Waals surface area contributed by atoms with E-state index in [9.17, 15) is 22.8 Å². The molecular weight excluding hydrogens is 397 g/mol. The lowest BCUT2D eigenvalue weighted by Gasteiger charge is -2.32. The second-order valence-electron chi connectivity index (χ2n) is 7.24. The van der Waals surface area contributed by atoms with Crippen molar-refractivity contribution in [3.05, 3.63) is 65.2 Å². The summed E-state index contributed by atoms with van der Waals surface area (Å²) < 4.78 is 43.9. The van der Waals surface area contributed by atoms with Crippen LogP contribution in [0, 0.1) is 5.92 Å². The van der Waals surface area contributed by atoms with E-state index in [0.717, 1.165) is 17.7 Å². The first-order chi connectivity index (χ1) is 14.3. The number of carbonyl (C=O) groups excluding carboxylic acids is 2. The van der Waals surface area contributed by atoms with E-state index < -0.39 is 23.6 Å². The number of carbonyl (C=O) groups is 2. The summed E-state index contributed by atoms with van der Waals surface area (Å²) in [7, 11) is 1.57. The number of amides is 2. The Morgan fingerprint density at radius 3 is 2.67 bits per heavy atom. The molecule has 2 aromatic carbocycles. The van der Waals surface area contributed by atoms with Crippen molar-refractivity contribution in [2.24, 2.45) is 5.92 Å². The maximum Gasteiger partial charge on any atom is 0.416 e. The van der Waals surface area contributed by atoms with Gasteiger partial charge < -0.3 is 15.0 Å². The number of halogens is 3. The third-order valence-corrected chi connectivity index (χ3v) is 5.12. The molecule has 0 bridgehead atoms. The lowest BCUT2D eigenvalue weighted by Crippen LogP contribution is -2.45. The number of ether oxygens (including phenoxy) is 1. The number of hydrogen-bond donors (Lipinski definition) is 1. The third kappa shape index (κ3) is 5.31. The van der Waals surface area contributed by atoms with Crippen LogP contribution in [0.2, 0.25) is 0 Å². The number of rotatable bonds is 5. The predicted molar refractivity (Wildman–Crippen MR) is 105 cm³/mol. The van der Waals surface area contributed by atoms with Crippen molar-refractivity contribution in [3.63, 3.8) is 0 Å². The molecule has 1 N–H and O–H groups in total. The summed E-state index contributed by atoms with van der Waals surface area (Å²) in [4.78, 5) is 26.8. The molecule has 1 unspecified atom stereocenters. The van der Waals surface area contributed by atoms with Crippen molar-refractivity contribution in [2.45, 2.75) is 25.6 Å². The Morgan fingerprint density at radius 1 is 1.17 bits per heavy atom. The molecular formula is C22H23F3N2O3. The SMILES string of the molecule is COc1cccc(CNC(=O)C2CCCN(C(=O)c3cccc(C(F)(F)F)c3)C2)c1. The molecule has 8 heteroatoms. The van der Waals surface area contributed by atoms with Crippen LogP contribution in [0.4, 0.5) is 13.2 Å². The van der Waals surface area contributed by atoms with Crippen LogP contribution in [-0.2, 0) is 17.5 Å². The van der Waals surface area contributed by atoms with Crippen molar-refractivity contribution < 1.29 is 27.5 Å². The van der Waals surface area contributed by atoms with Gasteiger partial charge in [0.1, 0.15) is 5.75 Å². The van der Waals surface area contributed by atoms with E-state index in [-0.39, 0.29) is 18.0 Å². The first-order valence-corrected chi connectivity index (χ1v) is 9.65. The minimum atomic E-state index is -4.51. The first-order valence-electron chi connectivity index (χ1n) is 9.65. The van der Waals surface area contributed by atoms with Crippen LogP contribution in [0.15, 0.2) is 48.5 Å². The summed E-state index contributed by atoms with van der Waals surface area (Å²) in [6.07, 6.45) is -3.28. The molecule has 0 spiro atoms. The number of nitrogens with zero attached hydrogens (tertiary/aromatic N) is 1. The van der Waals surface area contributed by atoms with Gasteiger partial charge in [-0.25, -0.2) is 0 Å². The van der Waals surface area contributed by atoms with Crippen molar-refractivity contribution in [3.8, 4) is 5.75 Å². The van der Waals surface area contributed by atoms with E-state index in [1.807, 2.05) is 24.3 Å². The van der Waals surface area contributed by atoms with Crippen LogP contribution in [0.5, 0.6) is 5.75 Å². The van der Waals surface area contributed by atoms with Gasteiger partial charge in [-0.15, -0.1) is 0 Å². The Hall–Kier alpha value is -3.03. The second kappa shape index (κ2) is 9.19. The molecule has 3 rings (SSSR count). The van der Waals surface area contributed by atoms with Gasteiger partial charge in [0.15, 0.2) is 0 Å². The number of piperidine rings is 1. The Labute approximate surface area is 172 Å². The van der Waals surface area contributed by atoms with E-state index in [1.165, 1.54) is 17.0 Å². The first kappa shape index (κ1) is 21.7. The highest BCUT2D eigenvalue weighted by atomic mass is 19.4. The number of alkyl halides is 3. The van der Waals surface area contributed by atoms with Crippen LogP contribution in [0.1, 0.15) is 34.3 Å². The average Bonchev–Trinajstić information content (AvgIpc) is 2.76. The van der Waals surface area contributed by atoms with Crippen LogP contribution in [-0.4, -0.2) is 36.9 Å². The highest BCUT2D eigenvalue weighted by molar-refractivity contribution is 5.95. The normalized spacial score (nSPS) is 16.8. The molecule has 1 aliphatic rings. The quantitative estimate of drug-likeness (QED) is 0.799. The van der Waals surface area contributed by atoms with E-state index >= 15 is 0 Å². The Morgan fingerprint density at radius 2 is 1.93 bits per heavy atom. The summed E-state index contributed by atoms with van der Waals surface area (Å²) >= 11 is 0. The summed E-state index contributed by atoms with van der Waals surface area (Å²) in [6.45, 7) is 0.919. The van der Waals surface area contributed by atoms with Gasteiger partial charge in [0.05, 0.1) is 18.6 Å². The van der Waals surface area contributed by atoms with Gasteiger partial charge in [0.2, 0.25) is 5.91 Å². The number of hydrogen-bond acceptors (Lipinski definition) is 3. The fourth-order valence-electron chi connectivity index (χ4n) is 3.50. The molecule has 0 aromatic heterocycles. The van der Waals surface area contributed by atoms with E-state index in [0.29, 0.717) is 31.7 Å². The van der Waals surface area contributed by atoms with E-state index in [2.05, 4.69) is 5.32 Å². The fourth-order valence-corrected chi connectivity index (χ4v) is 3.50. The minimum absolute atomic E-state index is 0.0257. The smallest absolute Gasteiger partial charge is 0.416 e. The summed E-state index contributed by atoms with van der Waals surface area (Å²) in [6, 6.07) is 11.7. The molecule has 1 aliphatic heterocycles. The van der Waals surface area contributed by atoms with Gasteiger partial charge in [-0.3, -0.25) is 9.59 Å². The molecule has 5 nitrogen and oxygen atoms in total. The van der Waals surface area contributed by atoms with Gasteiger partial charge in [-0.2, -0.15) is 13.2 Å². The molecule has 1 heterocycles. The Kier molecular flexibility index (Phi) is 6.64. The lowest BCUT2D eigenvalue weighted by atomic mass is 9.96. The topological polar surface area (TPSA) is 58.6 Å². The number of methoxy groups -OCH3 is 1. The molecule has 1 saturated heterocycles. The molecule has 30 heavy (non-hydrogen) atoms. The van der Waals surface area contributed by atoms with Crippen molar-refractivity contribution >= 4 is 11.8 Å². The van der Waals surface area contributed by atoms with Crippen LogP contribution in [0.3, 0.4) is 0 Å². The number of nitrogens with one attached hydrogen (secondary N) is 1. The van der Waals surface area contributed by atoms with Crippen molar-refractivity contribution in [1.82, 2.24) is 10.2 Å². The Bertz CT molecular complexity index is 914. The molecule has 0 saturated carbocycles. The molecule has 1 atom stereocenters. The van der Waals surface area contributed by atoms with Gasteiger partial charge in [-0.05, 0) is 48.7 Å². The van der Waals surface area contributed by atoms with E-state index in [4.69, 9.17) is 4.74 Å². The molecule has 0 radical (unpaired) electrons. The molecule has 160 valence electrons. The largest absolute Gasteiger partial charge is 0.497 e.